The van der Waals surface area contributed by atoms with Crippen molar-refractivity contribution in [1.82, 2.24) is 40.9 Å². The minimum Gasteiger partial charge on any atom is -0.329 e. The maximum atomic E-state index is 5.48. The first-order valence-electron chi connectivity index (χ1n) is 16.9. The Hall–Kier alpha value is -0.575. The highest BCUT2D eigenvalue weighted by atomic mass is 15.3. The van der Waals surface area contributed by atoms with Crippen LogP contribution < -0.4 is 67.1 Å². The molecule has 47 heavy (non-hydrogen) atoms. The van der Waals surface area contributed by atoms with Gasteiger partial charge in [0.1, 0.15) is 0 Å². The van der Waals surface area contributed by atoms with Gasteiger partial charge in [0.05, 0.1) is 0 Å². The van der Waals surface area contributed by atoms with Crippen LogP contribution in [0.5, 0.6) is 0 Å². The number of piperazine rings is 2. The van der Waals surface area contributed by atoms with Crippen LogP contribution in [0.1, 0.15) is 16.3 Å². The van der Waals surface area contributed by atoms with E-state index >= 15 is 0 Å². The van der Waals surface area contributed by atoms with E-state index in [-0.39, 0.29) is 24.7 Å². The van der Waals surface area contributed by atoms with Crippen molar-refractivity contribution in [2.75, 3.05) is 183 Å². The van der Waals surface area contributed by atoms with Gasteiger partial charge in [-0.3, -0.25) is 19.6 Å². The van der Waals surface area contributed by atoms with Gasteiger partial charge in [-0.15, -0.1) is 0 Å². The summed E-state index contributed by atoms with van der Waals surface area (Å²) in [4.78, 5) is 9.46. The molecule has 0 aliphatic carbocycles. The molecule has 2 radical (unpaired) electrons. The zero-order chi connectivity index (χ0) is 32.9. The smallest absolute Gasteiger partial charge is 0.0379 e. The monoisotopic (exact) mass is 684 g/mol. The molecule has 16 nitrogen and oxygen atoms in total. The highest BCUT2D eigenvalue weighted by Gasteiger charge is 2.14. The Morgan fingerprint density at radius 3 is 1.11 bits per heavy atom. The molecule has 17 heteroatoms. The maximum absolute atomic E-state index is 5.48. The van der Waals surface area contributed by atoms with Gasteiger partial charge < -0.3 is 67.1 Å². The molecule has 290 valence electrons. The number of nitrogens with one attached hydrogen (secondary N) is 4. The van der Waals surface area contributed by atoms with Crippen LogP contribution in [0.25, 0.3) is 0 Å². The van der Waals surface area contributed by atoms with Gasteiger partial charge in [0.15, 0.2) is 0 Å². The quantitative estimate of drug-likeness (QED) is 0.0374. The van der Waals surface area contributed by atoms with Crippen molar-refractivity contribution in [3.05, 3.63) is 0 Å². The average Bonchev–Trinajstić information content (AvgIpc) is 3.04. The Kier molecular flexibility index (Phi) is 56.5. The lowest BCUT2D eigenvalue weighted by Gasteiger charge is -2.34. The molecule has 2 fully saturated rings. The molecule has 2 heterocycles. The summed E-state index contributed by atoms with van der Waals surface area (Å²) in [6, 6.07) is 0. The lowest BCUT2D eigenvalue weighted by Crippen LogP contribution is -2.48. The van der Waals surface area contributed by atoms with E-state index in [1.165, 1.54) is 13.1 Å². The Morgan fingerprint density at radius 1 is 0.447 bits per heavy atom. The van der Waals surface area contributed by atoms with Gasteiger partial charge >= 0.3 is 0 Å². The summed E-state index contributed by atoms with van der Waals surface area (Å²) in [7, 11) is 0. The van der Waals surface area contributed by atoms with Crippen molar-refractivity contribution >= 4 is 8.41 Å². The van der Waals surface area contributed by atoms with Crippen molar-refractivity contribution in [3.8, 4) is 0 Å². The second-order valence-corrected chi connectivity index (χ2v) is 10.7. The minimum atomic E-state index is 0. The molecule has 0 spiro atoms. The largest absolute Gasteiger partial charge is 0.329 e. The maximum Gasteiger partial charge on any atom is 0.0379 e. The molecule has 0 unspecified atom stereocenters. The van der Waals surface area contributed by atoms with Crippen LogP contribution in [0, 0.1) is 0 Å². The number of hydrogen-bond donors (Lipinski definition) is 12. The normalized spacial score (nSPS) is 15.0. The topological polar surface area (TPSA) is 269 Å². The molecule has 2 rings (SSSR count). The van der Waals surface area contributed by atoms with Gasteiger partial charge in [-0.1, -0.05) is 14.9 Å². The molecule has 0 aromatic carbocycles. The summed E-state index contributed by atoms with van der Waals surface area (Å²) < 4.78 is 0. The zero-order valence-electron chi connectivity index (χ0n) is 28.9. The zero-order valence-corrected chi connectivity index (χ0v) is 28.9. The predicted molar refractivity (Wildman–Crippen MR) is 212 cm³/mol. The van der Waals surface area contributed by atoms with Crippen LogP contribution in [0.2, 0.25) is 0 Å². The Morgan fingerprint density at radius 2 is 0.787 bits per heavy atom. The number of nitrogens with two attached hydrogens (primary N) is 8. The number of rotatable bonds is 22. The standard InChI is InChI=1S/2C8H20N4.2C6H18N4.2CH4.BH.H2/c9-1-3-11-5-7-12(4-2-10)8-6-11;9-1-2-10-3-6-12-7-4-11-5-8-12;7-1-4-10(5-2-8)6-3-9;7-1-3-9-5-6-10-4-2-8;;;;/h1-10H2;10-11H,1-9H2;1-9H2;9-10H,1-8H2;2*1H4;2*1H/i;;;;;;;1+1. The van der Waals surface area contributed by atoms with Crippen molar-refractivity contribution in [2.24, 2.45) is 45.9 Å². The predicted octanol–water partition coefficient (Wildman–Crippen LogP) is -5.92. The van der Waals surface area contributed by atoms with Crippen molar-refractivity contribution in [1.29, 1.82) is 0 Å². The SMILES string of the molecule is C.C.NCCN(CCN)CCN.NCCN1CCN(CCN)CC1.NCCNCCN1CCNCC1.NCCNCCNCCN.[2HH].[BH]. The summed E-state index contributed by atoms with van der Waals surface area (Å²) in [5, 5.41) is 13.0. The highest BCUT2D eigenvalue weighted by molar-refractivity contribution is 5.75. The van der Waals surface area contributed by atoms with Gasteiger partial charge in [-0.05, 0) is 0 Å². The molecular formula is C30H87BN16. The van der Waals surface area contributed by atoms with Crippen LogP contribution >= 0.6 is 0 Å². The second-order valence-electron chi connectivity index (χ2n) is 10.7. The second kappa shape index (κ2) is 47.5. The molecule has 0 amide bonds. The van der Waals surface area contributed by atoms with Crippen LogP contribution in [-0.4, -0.2) is 211 Å². The van der Waals surface area contributed by atoms with Crippen LogP contribution in [0.4, 0.5) is 0 Å². The van der Waals surface area contributed by atoms with E-state index in [9.17, 15) is 0 Å². The van der Waals surface area contributed by atoms with Crippen molar-refractivity contribution in [3.63, 3.8) is 0 Å². The third-order valence-electron chi connectivity index (χ3n) is 6.95. The first-order valence-corrected chi connectivity index (χ1v) is 16.9. The number of nitrogens with zero attached hydrogens (tertiary/aromatic N) is 4. The molecule has 0 aromatic rings. The average molecular weight is 684 g/mol. The molecule has 0 saturated carbocycles. The fourth-order valence-electron chi connectivity index (χ4n) is 4.51. The fourth-order valence-corrected chi connectivity index (χ4v) is 4.51. The summed E-state index contributed by atoms with van der Waals surface area (Å²) in [5.41, 5.74) is 42.9. The van der Waals surface area contributed by atoms with Crippen LogP contribution in [0.15, 0.2) is 0 Å². The molecule has 0 atom stereocenters. The van der Waals surface area contributed by atoms with Crippen molar-refractivity contribution in [2.45, 2.75) is 14.9 Å². The van der Waals surface area contributed by atoms with E-state index in [4.69, 9.17) is 45.9 Å². The van der Waals surface area contributed by atoms with E-state index in [1.807, 2.05) is 0 Å². The van der Waals surface area contributed by atoms with E-state index in [0.29, 0.717) is 32.7 Å². The van der Waals surface area contributed by atoms with Gasteiger partial charge in [0.2, 0.25) is 0 Å². The first-order chi connectivity index (χ1) is 21.6. The molecule has 2 aliphatic heterocycles. The molecular weight excluding hydrogens is 595 g/mol. The summed E-state index contributed by atoms with van der Waals surface area (Å²) >= 11 is 0. The fraction of sp³-hybridized carbons (Fsp3) is 1.00. The minimum absolute atomic E-state index is 0. The molecule has 0 bridgehead atoms. The Balaban J connectivity index is -0.000000120. The van der Waals surface area contributed by atoms with Gasteiger partial charge in [0.25, 0.3) is 0 Å². The van der Waals surface area contributed by atoms with Crippen molar-refractivity contribution < 1.29 is 1.43 Å². The Labute approximate surface area is 294 Å². The summed E-state index contributed by atoms with van der Waals surface area (Å²) in [6.45, 7) is 26.6. The van der Waals surface area contributed by atoms with E-state index in [2.05, 4.69) is 40.9 Å². The molecule has 2 aliphatic rings. The Bertz CT molecular complexity index is 482. The van der Waals surface area contributed by atoms with Crippen LogP contribution in [0.3, 0.4) is 0 Å². The lowest BCUT2D eigenvalue weighted by atomic mass is 10.3. The molecule has 0 aromatic heterocycles. The van der Waals surface area contributed by atoms with Crippen LogP contribution in [-0.2, 0) is 0 Å². The van der Waals surface area contributed by atoms with Gasteiger partial charge in [-0.25, -0.2) is 0 Å². The highest BCUT2D eigenvalue weighted by Crippen LogP contribution is 1.99. The van der Waals surface area contributed by atoms with E-state index in [1.54, 1.807) is 0 Å². The van der Waals surface area contributed by atoms with Gasteiger partial charge in [-0.2, -0.15) is 0 Å². The first kappa shape index (κ1) is 55.8. The summed E-state index contributed by atoms with van der Waals surface area (Å²) in [5.74, 6) is 0. The lowest BCUT2D eigenvalue weighted by molar-refractivity contribution is 0.138. The van der Waals surface area contributed by atoms with E-state index in [0.717, 1.165) is 137 Å². The van der Waals surface area contributed by atoms with Gasteiger partial charge in [0, 0.05) is 193 Å². The third-order valence-corrected chi connectivity index (χ3v) is 6.95. The molecule has 2 saturated heterocycles. The number of hydrogen-bond acceptors (Lipinski definition) is 16. The summed E-state index contributed by atoms with van der Waals surface area (Å²) in [6.07, 6.45) is 0. The molecule has 20 N–H and O–H groups in total. The van der Waals surface area contributed by atoms with E-state index < -0.39 is 0 Å². The third kappa shape index (κ3) is 41.5.